The van der Waals surface area contributed by atoms with E-state index in [1.54, 1.807) is 19.2 Å². The molecule has 94 valence electrons. The van der Waals surface area contributed by atoms with Crippen molar-refractivity contribution in [3.05, 3.63) is 29.8 Å². The van der Waals surface area contributed by atoms with Crippen LogP contribution in [0.4, 0.5) is 0 Å². The van der Waals surface area contributed by atoms with E-state index in [4.69, 9.17) is 4.74 Å². The third-order valence-electron chi connectivity index (χ3n) is 4.16. The van der Waals surface area contributed by atoms with Gasteiger partial charge in [0.25, 0.3) is 0 Å². The van der Waals surface area contributed by atoms with Crippen LogP contribution in [0.15, 0.2) is 24.3 Å². The summed E-state index contributed by atoms with van der Waals surface area (Å²) < 4.78 is 5.13. The highest BCUT2D eigenvalue weighted by molar-refractivity contribution is 6.05. The molecule has 0 saturated heterocycles. The number of benzene rings is 1. The van der Waals surface area contributed by atoms with Crippen molar-refractivity contribution in [1.82, 2.24) is 0 Å². The van der Waals surface area contributed by atoms with E-state index in [0.29, 0.717) is 23.7 Å². The van der Waals surface area contributed by atoms with Crippen LogP contribution in [0.1, 0.15) is 29.6 Å². The largest absolute Gasteiger partial charge is 0.497 e. The highest BCUT2D eigenvalue weighted by Gasteiger charge is 2.58. The van der Waals surface area contributed by atoms with E-state index < -0.39 is 0 Å². The molecule has 0 bridgehead atoms. The maximum absolute atomic E-state index is 12.4. The maximum Gasteiger partial charge on any atom is 0.167 e. The molecule has 3 nitrogen and oxygen atoms in total. The van der Waals surface area contributed by atoms with Crippen molar-refractivity contribution in [2.75, 3.05) is 7.11 Å². The fourth-order valence-corrected chi connectivity index (χ4v) is 3.18. The smallest absolute Gasteiger partial charge is 0.167 e. The quantitative estimate of drug-likeness (QED) is 0.767. The summed E-state index contributed by atoms with van der Waals surface area (Å²) in [7, 11) is 1.59. The van der Waals surface area contributed by atoms with E-state index >= 15 is 0 Å². The number of hydrogen-bond donors (Lipinski definition) is 0. The Balaban J connectivity index is 1.81. The van der Waals surface area contributed by atoms with Gasteiger partial charge in [0, 0.05) is 23.8 Å². The molecule has 0 heterocycles. The van der Waals surface area contributed by atoms with Crippen molar-refractivity contribution >= 4 is 11.6 Å². The Morgan fingerprint density at radius 1 is 1.39 bits per heavy atom. The van der Waals surface area contributed by atoms with Crippen molar-refractivity contribution in [3.8, 4) is 5.75 Å². The lowest BCUT2D eigenvalue weighted by Gasteiger charge is -2.04. The van der Waals surface area contributed by atoms with Gasteiger partial charge in [0.1, 0.15) is 11.5 Å². The second-order valence-corrected chi connectivity index (χ2v) is 5.17. The molecule has 0 amide bonds. The maximum atomic E-state index is 12.4. The zero-order valence-electron chi connectivity index (χ0n) is 10.4. The minimum absolute atomic E-state index is 0.0115. The standard InChI is InChI=1S/C15H16O3/c1-18-10-5-2-4-9(8-10)15(17)14-11-6-3-7-12(16)13(11)14/h2,4-5,8,11,13-14H,3,6-7H2,1H3/t11-,13-,14+/m0/s1. The topological polar surface area (TPSA) is 43.4 Å². The zero-order chi connectivity index (χ0) is 12.7. The molecule has 2 aliphatic carbocycles. The molecule has 1 aromatic rings. The number of rotatable bonds is 3. The molecule has 0 aliphatic heterocycles. The van der Waals surface area contributed by atoms with Gasteiger partial charge in [-0.15, -0.1) is 0 Å². The van der Waals surface area contributed by atoms with Crippen LogP contribution in [-0.4, -0.2) is 18.7 Å². The van der Waals surface area contributed by atoms with Crippen LogP contribution < -0.4 is 4.74 Å². The number of Topliss-reactive ketones (excluding diaryl/α,β-unsaturated/α-hetero) is 2. The number of carbonyl (C=O) groups is 2. The SMILES string of the molecule is COc1cccc(C(=O)[C@@H]2[C@H]3CCCC(=O)[C@H]32)c1. The van der Waals surface area contributed by atoms with Crippen molar-refractivity contribution in [1.29, 1.82) is 0 Å². The van der Waals surface area contributed by atoms with Crippen molar-refractivity contribution in [3.63, 3.8) is 0 Å². The van der Waals surface area contributed by atoms with Gasteiger partial charge in [0.05, 0.1) is 7.11 Å². The van der Waals surface area contributed by atoms with E-state index in [-0.39, 0.29) is 23.4 Å². The zero-order valence-corrected chi connectivity index (χ0v) is 10.4. The predicted octanol–water partition coefficient (Wildman–Crippen LogP) is 2.49. The van der Waals surface area contributed by atoms with Crippen LogP contribution in [0.3, 0.4) is 0 Å². The number of fused-ring (bicyclic) bond motifs is 1. The minimum Gasteiger partial charge on any atom is -0.497 e. The van der Waals surface area contributed by atoms with Crippen LogP contribution in [0.2, 0.25) is 0 Å². The van der Waals surface area contributed by atoms with E-state index in [2.05, 4.69) is 0 Å². The van der Waals surface area contributed by atoms with Gasteiger partial charge in [0.2, 0.25) is 0 Å². The average molecular weight is 244 g/mol. The van der Waals surface area contributed by atoms with Crippen molar-refractivity contribution in [2.24, 2.45) is 17.8 Å². The summed E-state index contributed by atoms with van der Waals surface area (Å²) in [4.78, 5) is 24.1. The second kappa shape index (κ2) is 4.23. The summed E-state index contributed by atoms with van der Waals surface area (Å²) in [5.74, 6) is 1.34. The highest BCUT2D eigenvalue weighted by Crippen LogP contribution is 2.54. The van der Waals surface area contributed by atoms with Gasteiger partial charge < -0.3 is 4.74 Å². The monoisotopic (exact) mass is 244 g/mol. The Bertz CT molecular complexity index is 506. The Kier molecular flexibility index (Phi) is 2.69. The number of carbonyl (C=O) groups excluding carboxylic acids is 2. The molecule has 2 fully saturated rings. The first-order chi connectivity index (χ1) is 8.72. The first-order valence-electron chi connectivity index (χ1n) is 6.43. The number of methoxy groups -OCH3 is 1. The third-order valence-corrected chi connectivity index (χ3v) is 4.16. The third kappa shape index (κ3) is 1.74. The Morgan fingerprint density at radius 3 is 2.94 bits per heavy atom. The van der Waals surface area contributed by atoms with Gasteiger partial charge in [-0.25, -0.2) is 0 Å². The van der Waals surface area contributed by atoms with Crippen LogP contribution in [0.5, 0.6) is 5.75 Å². The predicted molar refractivity (Wildman–Crippen MR) is 66.7 cm³/mol. The van der Waals surface area contributed by atoms with Gasteiger partial charge in [-0.3, -0.25) is 9.59 Å². The molecule has 0 aromatic heterocycles. The lowest BCUT2D eigenvalue weighted by atomic mass is 10.00. The lowest BCUT2D eigenvalue weighted by Crippen LogP contribution is -2.09. The molecule has 0 unspecified atom stereocenters. The number of hydrogen-bond acceptors (Lipinski definition) is 3. The van der Waals surface area contributed by atoms with E-state index in [1.807, 2.05) is 12.1 Å². The summed E-state index contributed by atoms with van der Waals surface area (Å²) in [5, 5.41) is 0. The molecule has 3 heteroatoms. The Morgan fingerprint density at radius 2 is 2.22 bits per heavy atom. The van der Waals surface area contributed by atoms with E-state index in [0.717, 1.165) is 12.8 Å². The fourth-order valence-electron chi connectivity index (χ4n) is 3.18. The summed E-state index contributed by atoms with van der Waals surface area (Å²) >= 11 is 0. The van der Waals surface area contributed by atoms with Gasteiger partial charge >= 0.3 is 0 Å². The molecule has 0 spiro atoms. The fraction of sp³-hybridized carbons (Fsp3) is 0.467. The molecule has 0 N–H and O–H groups in total. The Labute approximate surface area is 106 Å². The van der Waals surface area contributed by atoms with Crippen molar-refractivity contribution in [2.45, 2.75) is 19.3 Å². The lowest BCUT2D eigenvalue weighted by molar-refractivity contribution is -0.121. The summed E-state index contributed by atoms with van der Waals surface area (Å²) in [6, 6.07) is 7.21. The molecule has 18 heavy (non-hydrogen) atoms. The van der Waals surface area contributed by atoms with Gasteiger partial charge in [-0.1, -0.05) is 12.1 Å². The van der Waals surface area contributed by atoms with Crippen LogP contribution >= 0.6 is 0 Å². The highest BCUT2D eigenvalue weighted by atomic mass is 16.5. The van der Waals surface area contributed by atoms with Gasteiger partial charge in [-0.05, 0) is 30.9 Å². The van der Waals surface area contributed by atoms with E-state index in [9.17, 15) is 9.59 Å². The second-order valence-electron chi connectivity index (χ2n) is 5.17. The molecule has 3 atom stereocenters. The molecule has 0 radical (unpaired) electrons. The van der Waals surface area contributed by atoms with Gasteiger partial charge in [-0.2, -0.15) is 0 Å². The van der Waals surface area contributed by atoms with Crippen LogP contribution in [0.25, 0.3) is 0 Å². The molecule has 1 aromatic carbocycles. The average Bonchev–Trinajstić information content (AvgIpc) is 3.14. The van der Waals surface area contributed by atoms with Crippen molar-refractivity contribution < 1.29 is 14.3 Å². The van der Waals surface area contributed by atoms with Crippen LogP contribution in [0, 0.1) is 17.8 Å². The summed E-state index contributed by atoms with van der Waals surface area (Å²) in [5.41, 5.74) is 0.668. The molecule has 3 rings (SSSR count). The molecular formula is C15H16O3. The normalized spacial score (nSPS) is 29.6. The first-order valence-corrected chi connectivity index (χ1v) is 6.43. The number of ketones is 2. The minimum atomic E-state index is -0.0629. The first kappa shape index (κ1) is 11.5. The summed E-state index contributed by atoms with van der Waals surface area (Å²) in [6.07, 6.45) is 2.63. The molecule has 2 saturated carbocycles. The Hall–Kier alpha value is -1.64. The molecule has 2 aliphatic rings. The van der Waals surface area contributed by atoms with Crippen LogP contribution in [-0.2, 0) is 4.79 Å². The molecular weight excluding hydrogens is 228 g/mol. The van der Waals surface area contributed by atoms with Gasteiger partial charge in [0.15, 0.2) is 5.78 Å². The summed E-state index contributed by atoms with van der Waals surface area (Å²) in [6.45, 7) is 0. The number of ether oxygens (including phenoxy) is 1. The van der Waals surface area contributed by atoms with E-state index in [1.165, 1.54) is 0 Å².